The largest absolute Gasteiger partial charge is 0.390 e. The summed E-state index contributed by atoms with van der Waals surface area (Å²) in [5, 5.41) is 17.9. The number of methoxy groups -OCH3 is 1. The molecule has 2 N–H and O–H groups in total. The molecule has 2 saturated carbocycles. The average Bonchev–Trinajstić information content (AvgIpc) is 3.03. The van der Waals surface area contributed by atoms with Gasteiger partial charge in [-0.15, -0.1) is 0 Å². The number of carbonyl (C=O) groups is 1. The highest BCUT2D eigenvalue weighted by Gasteiger charge is 2.50. The summed E-state index contributed by atoms with van der Waals surface area (Å²) in [5.74, 6) is 0.412. The minimum atomic E-state index is -0.590. The highest BCUT2D eigenvalue weighted by atomic mass is 16.5. The molecule has 1 heterocycles. The van der Waals surface area contributed by atoms with Crippen LogP contribution < -0.4 is 5.32 Å². The highest BCUT2D eigenvalue weighted by molar-refractivity contribution is 5.80. The molecule has 2 aliphatic rings. The Morgan fingerprint density at radius 1 is 1.42 bits per heavy atom. The van der Waals surface area contributed by atoms with E-state index < -0.39 is 5.60 Å². The topological polar surface area (TPSA) is 76.4 Å². The van der Waals surface area contributed by atoms with E-state index in [1.54, 1.807) is 13.3 Å². The van der Waals surface area contributed by atoms with E-state index >= 15 is 0 Å². The van der Waals surface area contributed by atoms with Gasteiger partial charge in [0.25, 0.3) is 0 Å². The third-order valence-electron chi connectivity index (χ3n) is 5.61. The molecule has 24 heavy (non-hydrogen) atoms. The van der Waals surface area contributed by atoms with Crippen molar-refractivity contribution in [3.05, 3.63) is 18.0 Å². The molecule has 0 radical (unpaired) electrons. The monoisotopic (exact) mass is 335 g/mol. The summed E-state index contributed by atoms with van der Waals surface area (Å²) in [6, 6.07) is 0. The Morgan fingerprint density at radius 3 is 2.88 bits per heavy atom. The van der Waals surface area contributed by atoms with Crippen molar-refractivity contribution < 1.29 is 14.6 Å². The normalized spacial score (nSPS) is 27.7. The van der Waals surface area contributed by atoms with Crippen LogP contribution in [-0.2, 0) is 22.6 Å². The summed E-state index contributed by atoms with van der Waals surface area (Å²) < 4.78 is 6.84. The molecule has 6 nitrogen and oxygen atoms in total. The molecule has 2 aliphatic carbocycles. The lowest BCUT2D eigenvalue weighted by Gasteiger charge is -2.49. The van der Waals surface area contributed by atoms with Gasteiger partial charge in [0.05, 0.1) is 24.9 Å². The van der Waals surface area contributed by atoms with Crippen molar-refractivity contribution in [1.82, 2.24) is 15.1 Å². The molecule has 0 saturated heterocycles. The number of hydrogen-bond donors (Lipinski definition) is 2. The molecule has 0 spiro atoms. The molecule has 0 unspecified atom stereocenters. The van der Waals surface area contributed by atoms with Gasteiger partial charge in [-0.05, 0) is 31.6 Å². The third kappa shape index (κ3) is 3.98. The van der Waals surface area contributed by atoms with Gasteiger partial charge in [-0.2, -0.15) is 5.10 Å². The van der Waals surface area contributed by atoms with Crippen LogP contribution in [-0.4, -0.2) is 40.1 Å². The lowest BCUT2D eigenvalue weighted by atomic mass is 9.61. The summed E-state index contributed by atoms with van der Waals surface area (Å²) in [7, 11) is 1.66. The summed E-state index contributed by atoms with van der Waals surface area (Å²) in [6.45, 7) is 1.82. The zero-order valence-electron chi connectivity index (χ0n) is 14.5. The van der Waals surface area contributed by atoms with Crippen LogP contribution in [0.4, 0.5) is 0 Å². The molecule has 2 fully saturated rings. The molecule has 1 amide bonds. The Kier molecular flexibility index (Phi) is 5.56. The second-order valence-electron chi connectivity index (χ2n) is 7.37. The molecule has 1 aromatic heterocycles. The van der Waals surface area contributed by atoms with E-state index in [0.717, 1.165) is 18.4 Å². The maximum Gasteiger partial charge on any atom is 0.223 e. The molecular formula is C18H29N3O3. The maximum atomic E-state index is 12.3. The number of carbonyl (C=O) groups excluding carboxylic acids is 1. The second-order valence-corrected chi connectivity index (χ2v) is 7.37. The van der Waals surface area contributed by atoms with E-state index in [9.17, 15) is 9.90 Å². The zero-order valence-corrected chi connectivity index (χ0v) is 14.5. The number of rotatable bonds is 7. The van der Waals surface area contributed by atoms with Crippen LogP contribution >= 0.6 is 0 Å². The molecule has 0 aromatic carbocycles. The van der Waals surface area contributed by atoms with Crippen LogP contribution in [0, 0.1) is 11.8 Å². The molecular weight excluding hydrogens is 306 g/mol. The highest BCUT2D eigenvalue weighted by Crippen LogP contribution is 2.48. The number of ether oxygens (including phenoxy) is 1. The Morgan fingerprint density at radius 2 is 2.17 bits per heavy atom. The molecule has 6 heteroatoms. The van der Waals surface area contributed by atoms with Crippen molar-refractivity contribution in [3.8, 4) is 0 Å². The van der Waals surface area contributed by atoms with Gasteiger partial charge in [0.2, 0.25) is 5.91 Å². The molecule has 3 rings (SSSR count). The number of aromatic nitrogens is 2. The van der Waals surface area contributed by atoms with Gasteiger partial charge < -0.3 is 15.2 Å². The first-order chi connectivity index (χ1) is 11.6. The van der Waals surface area contributed by atoms with Gasteiger partial charge >= 0.3 is 0 Å². The van der Waals surface area contributed by atoms with Crippen molar-refractivity contribution in [1.29, 1.82) is 0 Å². The van der Waals surface area contributed by atoms with Gasteiger partial charge in [-0.1, -0.05) is 19.3 Å². The fraction of sp³-hybridized carbons (Fsp3) is 0.778. The van der Waals surface area contributed by atoms with E-state index in [-0.39, 0.29) is 11.8 Å². The number of amides is 1. The van der Waals surface area contributed by atoms with E-state index in [1.807, 2.05) is 10.9 Å². The zero-order chi connectivity index (χ0) is 17.0. The average molecular weight is 335 g/mol. The number of hydrogen-bond acceptors (Lipinski definition) is 4. The van der Waals surface area contributed by atoms with Crippen molar-refractivity contribution in [3.63, 3.8) is 0 Å². The molecule has 0 atom stereocenters. The first kappa shape index (κ1) is 17.4. The first-order valence-electron chi connectivity index (χ1n) is 9.11. The van der Waals surface area contributed by atoms with Gasteiger partial charge in [0.1, 0.15) is 0 Å². The Balaban J connectivity index is 1.41. The van der Waals surface area contributed by atoms with Crippen molar-refractivity contribution in [2.24, 2.45) is 11.8 Å². The van der Waals surface area contributed by atoms with Crippen LogP contribution in [0.3, 0.4) is 0 Å². The van der Waals surface area contributed by atoms with Gasteiger partial charge in [0, 0.05) is 31.3 Å². The van der Waals surface area contributed by atoms with Gasteiger partial charge in [0.15, 0.2) is 0 Å². The SMILES string of the molecule is COCCn1cc(CNC(=O)C2CC(O)(C3CCCCC3)C2)cn1. The third-order valence-corrected chi connectivity index (χ3v) is 5.61. The lowest BCUT2D eigenvalue weighted by molar-refractivity contribution is -0.154. The number of aliphatic hydroxyl groups is 1. The number of nitrogens with one attached hydrogen (secondary N) is 1. The maximum absolute atomic E-state index is 12.3. The van der Waals surface area contributed by atoms with E-state index in [1.165, 1.54) is 19.3 Å². The Hall–Kier alpha value is -1.40. The van der Waals surface area contributed by atoms with E-state index in [4.69, 9.17) is 4.74 Å². The van der Waals surface area contributed by atoms with Crippen molar-refractivity contribution in [2.45, 2.75) is 63.6 Å². The minimum absolute atomic E-state index is 0.0412. The standard InChI is InChI=1S/C18H29N3O3/c1-24-8-7-21-13-14(12-20-21)11-19-17(22)15-9-18(23,10-15)16-5-3-2-4-6-16/h12-13,15-16,23H,2-11H2,1H3,(H,19,22). The molecule has 0 bridgehead atoms. The van der Waals surface area contributed by atoms with Crippen LogP contribution in [0.25, 0.3) is 0 Å². The molecule has 134 valence electrons. The first-order valence-corrected chi connectivity index (χ1v) is 9.11. The smallest absolute Gasteiger partial charge is 0.223 e. The molecule has 1 aromatic rings. The van der Waals surface area contributed by atoms with E-state index in [0.29, 0.717) is 38.5 Å². The van der Waals surface area contributed by atoms with Gasteiger partial charge in [-0.25, -0.2) is 0 Å². The summed E-state index contributed by atoms with van der Waals surface area (Å²) in [6.07, 6.45) is 10.9. The van der Waals surface area contributed by atoms with Crippen molar-refractivity contribution in [2.75, 3.05) is 13.7 Å². The predicted molar refractivity (Wildman–Crippen MR) is 90.2 cm³/mol. The number of nitrogens with zero attached hydrogens (tertiary/aromatic N) is 2. The predicted octanol–water partition coefficient (Wildman–Crippen LogP) is 1.87. The van der Waals surface area contributed by atoms with Crippen LogP contribution in [0.5, 0.6) is 0 Å². The van der Waals surface area contributed by atoms with Crippen LogP contribution in [0.1, 0.15) is 50.5 Å². The summed E-state index contributed by atoms with van der Waals surface area (Å²) >= 11 is 0. The Labute approximate surface area is 143 Å². The van der Waals surface area contributed by atoms with Gasteiger partial charge in [-0.3, -0.25) is 9.48 Å². The fourth-order valence-electron chi connectivity index (χ4n) is 4.09. The van der Waals surface area contributed by atoms with Crippen molar-refractivity contribution >= 4 is 5.91 Å². The minimum Gasteiger partial charge on any atom is -0.390 e. The molecule has 0 aliphatic heterocycles. The quantitative estimate of drug-likeness (QED) is 0.797. The fourth-order valence-corrected chi connectivity index (χ4v) is 4.09. The van der Waals surface area contributed by atoms with Crippen LogP contribution in [0.15, 0.2) is 12.4 Å². The van der Waals surface area contributed by atoms with Crippen LogP contribution in [0.2, 0.25) is 0 Å². The summed E-state index contributed by atoms with van der Waals surface area (Å²) in [4.78, 5) is 12.3. The Bertz CT molecular complexity index is 545. The summed E-state index contributed by atoms with van der Waals surface area (Å²) in [5.41, 5.74) is 0.398. The second kappa shape index (κ2) is 7.66. The van der Waals surface area contributed by atoms with E-state index in [2.05, 4.69) is 10.4 Å². The lowest BCUT2D eigenvalue weighted by Crippen LogP contribution is -2.54.